The van der Waals surface area contributed by atoms with Crippen LogP contribution in [-0.4, -0.2) is 39.3 Å². The summed E-state index contributed by atoms with van der Waals surface area (Å²) < 4.78 is 83.5. The number of benzene rings is 1. The van der Waals surface area contributed by atoms with E-state index in [2.05, 4.69) is 5.32 Å². The molecule has 0 atom stereocenters. The smallest absolute Gasteiger partial charge is 0.238 e. The lowest BCUT2D eigenvalue weighted by Crippen LogP contribution is -2.27. The van der Waals surface area contributed by atoms with Crippen molar-refractivity contribution in [3.63, 3.8) is 0 Å². The zero-order valence-corrected chi connectivity index (χ0v) is 17.9. The molecule has 1 aliphatic heterocycles. The maximum Gasteiger partial charge on any atom is 0.238 e. The quantitative estimate of drug-likeness (QED) is 0.331. The van der Waals surface area contributed by atoms with E-state index in [1.165, 1.54) is 0 Å². The van der Waals surface area contributed by atoms with Crippen LogP contribution in [-0.2, 0) is 10.0 Å². The minimum absolute atomic E-state index is 0.211. The van der Waals surface area contributed by atoms with Crippen molar-refractivity contribution in [3.05, 3.63) is 35.0 Å². The molecule has 1 fully saturated rings. The second-order valence-electron chi connectivity index (χ2n) is 8.51. The molecule has 10 heteroatoms. The molecule has 0 saturated carbocycles. The molecule has 0 bridgehead atoms. The van der Waals surface area contributed by atoms with Crippen molar-refractivity contribution in [2.45, 2.75) is 44.4 Å². The average molecular weight is 437 g/mol. The Morgan fingerprint density at radius 3 is 2.18 bits per heavy atom. The van der Waals surface area contributed by atoms with Crippen LogP contribution in [0.5, 0.6) is 0 Å². The Hall–Kier alpha value is -1.39. The van der Waals surface area contributed by atoms with E-state index in [0.29, 0.717) is 35.9 Å². The van der Waals surface area contributed by atoms with Crippen molar-refractivity contribution in [3.8, 4) is 0 Å². The molecule has 4 nitrogen and oxygen atoms in total. The monoisotopic (exact) mass is 436 g/mol. The summed E-state index contributed by atoms with van der Waals surface area (Å²) in [6.45, 7) is 7.21. The molecule has 1 N–H and O–H groups in total. The molecule has 156 valence electrons. The average Bonchev–Trinajstić information content (AvgIpc) is 3.05. The fourth-order valence-electron chi connectivity index (χ4n) is 3.54. The largest absolute Gasteiger partial charge is 0.317 e. The third kappa shape index (κ3) is 3.86. The first-order valence-electron chi connectivity index (χ1n) is 9.25. The van der Waals surface area contributed by atoms with E-state index in [-0.39, 0.29) is 17.2 Å². The highest BCUT2D eigenvalue weighted by molar-refractivity contribution is 7.90. The molecule has 0 radical (unpaired) electrons. The van der Waals surface area contributed by atoms with Gasteiger partial charge in [0, 0.05) is 19.7 Å². The van der Waals surface area contributed by atoms with E-state index in [9.17, 15) is 26.0 Å². The molecule has 1 aromatic carbocycles. The minimum Gasteiger partial charge on any atom is -0.317 e. The van der Waals surface area contributed by atoms with Gasteiger partial charge in [-0.2, -0.15) is 0 Å². The number of nitrogens with one attached hydrogen (secondary N) is 1. The maximum absolute atomic E-state index is 14.6. The Bertz CT molecular complexity index is 1010. The van der Waals surface area contributed by atoms with Gasteiger partial charge in [0.2, 0.25) is 10.0 Å². The van der Waals surface area contributed by atoms with Gasteiger partial charge < -0.3 is 5.32 Å². The molecule has 28 heavy (non-hydrogen) atoms. The molecule has 1 aromatic heterocycles. The van der Waals surface area contributed by atoms with Gasteiger partial charge in [0.15, 0.2) is 23.3 Å². The van der Waals surface area contributed by atoms with Crippen LogP contribution >= 0.6 is 0 Å². The SMILES string of the molecule is C[Si](C)(C)CCS(=O)(=O)n1cc(C2CCNCC2)c2c(F)c(F)c(F)c(F)c21. The topological polar surface area (TPSA) is 51.1 Å². The predicted molar refractivity (Wildman–Crippen MR) is 104 cm³/mol. The Balaban J connectivity index is 2.25. The van der Waals surface area contributed by atoms with Crippen molar-refractivity contribution in [1.82, 2.24) is 9.29 Å². The fraction of sp³-hybridized carbons (Fsp3) is 0.556. The first kappa shape index (κ1) is 21.3. The number of hydrogen-bond donors (Lipinski definition) is 1. The molecule has 0 aliphatic carbocycles. The standard InChI is InChI=1S/C18H24F4N2O2SSi/c1-28(2,3)9-8-27(25,26)24-10-12(11-4-6-23-7-5-11)13-14(19)15(20)16(21)17(22)18(13)24/h10-11,23H,4-9H2,1-3H3. The van der Waals surface area contributed by atoms with E-state index < -0.39 is 52.3 Å². The molecule has 2 heterocycles. The molecule has 3 rings (SSSR count). The number of hydrogen-bond acceptors (Lipinski definition) is 3. The zero-order chi connectivity index (χ0) is 20.9. The fourth-order valence-corrected chi connectivity index (χ4v) is 7.94. The first-order valence-corrected chi connectivity index (χ1v) is 14.6. The summed E-state index contributed by atoms with van der Waals surface area (Å²) in [5.41, 5.74) is -0.524. The third-order valence-electron chi connectivity index (χ3n) is 5.20. The maximum atomic E-state index is 14.6. The van der Waals surface area contributed by atoms with Gasteiger partial charge in [0.25, 0.3) is 0 Å². The number of nitrogens with zero attached hydrogens (tertiary/aromatic N) is 1. The van der Waals surface area contributed by atoms with E-state index >= 15 is 0 Å². The lowest BCUT2D eigenvalue weighted by molar-refractivity contribution is 0.416. The Morgan fingerprint density at radius 1 is 1.04 bits per heavy atom. The Labute approximate surface area is 163 Å². The highest BCUT2D eigenvalue weighted by Gasteiger charge is 2.32. The number of fused-ring (bicyclic) bond motifs is 1. The normalized spacial score (nSPS) is 16.8. The van der Waals surface area contributed by atoms with Crippen molar-refractivity contribution in [2.24, 2.45) is 0 Å². The lowest BCUT2D eigenvalue weighted by Gasteiger charge is -2.22. The molecule has 0 unspecified atom stereocenters. The van der Waals surface area contributed by atoms with Crippen LogP contribution in [0.25, 0.3) is 10.9 Å². The van der Waals surface area contributed by atoms with Gasteiger partial charge in [0.05, 0.1) is 5.75 Å². The summed E-state index contributed by atoms with van der Waals surface area (Å²) in [6, 6.07) is 0.408. The van der Waals surface area contributed by atoms with Crippen LogP contribution in [0.2, 0.25) is 25.7 Å². The van der Waals surface area contributed by atoms with Gasteiger partial charge in [0.1, 0.15) is 5.52 Å². The number of rotatable bonds is 5. The summed E-state index contributed by atoms with van der Waals surface area (Å²) in [4.78, 5) is 0. The van der Waals surface area contributed by atoms with Gasteiger partial charge in [-0.15, -0.1) is 0 Å². The van der Waals surface area contributed by atoms with Crippen molar-refractivity contribution >= 4 is 29.0 Å². The minimum atomic E-state index is -4.07. The third-order valence-corrected chi connectivity index (χ3v) is 8.92. The highest BCUT2D eigenvalue weighted by atomic mass is 32.2. The summed E-state index contributed by atoms with van der Waals surface area (Å²) in [7, 11) is -5.81. The van der Waals surface area contributed by atoms with Gasteiger partial charge in [-0.05, 0) is 43.5 Å². The van der Waals surface area contributed by atoms with Crippen LogP contribution in [0.15, 0.2) is 6.20 Å². The summed E-state index contributed by atoms with van der Waals surface area (Å²) in [6.07, 6.45) is 2.29. The predicted octanol–water partition coefficient (Wildman–Crippen LogP) is 4.18. The second kappa shape index (κ2) is 7.45. The number of piperidine rings is 1. The number of aromatic nitrogens is 1. The van der Waals surface area contributed by atoms with Gasteiger partial charge in [-0.3, -0.25) is 0 Å². The van der Waals surface area contributed by atoms with E-state index in [0.717, 1.165) is 6.20 Å². The second-order valence-corrected chi connectivity index (χ2v) is 16.1. The Kier molecular flexibility index (Phi) is 5.68. The summed E-state index contributed by atoms with van der Waals surface area (Å²) >= 11 is 0. The highest BCUT2D eigenvalue weighted by Crippen LogP contribution is 2.38. The van der Waals surface area contributed by atoms with Crippen LogP contribution in [0.4, 0.5) is 17.6 Å². The van der Waals surface area contributed by atoms with Crippen LogP contribution < -0.4 is 5.32 Å². The van der Waals surface area contributed by atoms with Gasteiger partial charge >= 0.3 is 0 Å². The molecular weight excluding hydrogens is 412 g/mol. The molecule has 1 saturated heterocycles. The summed E-state index contributed by atoms with van der Waals surface area (Å²) in [5.74, 6) is -7.67. The van der Waals surface area contributed by atoms with E-state index in [4.69, 9.17) is 0 Å². The van der Waals surface area contributed by atoms with Gasteiger partial charge in [-0.1, -0.05) is 19.6 Å². The first-order chi connectivity index (χ1) is 12.9. The summed E-state index contributed by atoms with van der Waals surface area (Å²) in [5, 5.41) is 2.66. The van der Waals surface area contributed by atoms with Crippen molar-refractivity contribution in [1.29, 1.82) is 0 Å². The van der Waals surface area contributed by atoms with E-state index in [1.807, 2.05) is 19.6 Å². The van der Waals surface area contributed by atoms with Gasteiger partial charge in [-0.25, -0.2) is 30.0 Å². The van der Waals surface area contributed by atoms with Crippen LogP contribution in [0.3, 0.4) is 0 Å². The molecule has 1 aliphatic rings. The molecule has 2 aromatic rings. The van der Waals surface area contributed by atoms with Crippen molar-refractivity contribution in [2.75, 3.05) is 18.8 Å². The lowest BCUT2D eigenvalue weighted by atomic mass is 9.90. The van der Waals surface area contributed by atoms with Crippen LogP contribution in [0, 0.1) is 23.3 Å². The zero-order valence-electron chi connectivity index (χ0n) is 16.1. The Morgan fingerprint density at radius 2 is 1.61 bits per heavy atom. The number of halogens is 4. The molecule has 0 amide bonds. The van der Waals surface area contributed by atoms with E-state index in [1.54, 1.807) is 0 Å². The molecular formula is C18H24F4N2O2SSi. The molecule has 0 spiro atoms. The van der Waals surface area contributed by atoms with Crippen LogP contribution in [0.1, 0.15) is 24.3 Å². The van der Waals surface area contributed by atoms with Crippen molar-refractivity contribution < 1.29 is 26.0 Å².